The number of ether oxygens (including phenoxy) is 1. The number of nitrogen functional groups attached to an aromatic ring is 1. The van der Waals surface area contributed by atoms with Gasteiger partial charge in [-0.3, -0.25) is 0 Å². The molecule has 0 saturated carbocycles. The van der Waals surface area contributed by atoms with E-state index in [4.69, 9.17) is 10.5 Å². The minimum atomic E-state index is 0.510. The number of anilines is 1. The monoisotopic (exact) mass is 323 g/mol. The third-order valence-electron chi connectivity index (χ3n) is 5.60. The fourth-order valence-electron chi connectivity index (χ4n) is 4.30. The summed E-state index contributed by atoms with van der Waals surface area (Å²) in [5, 5.41) is 2.03. The van der Waals surface area contributed by atoms with Crippen molar-refractivity contribution in [2.45, 2.75) is 12.8 Å². The second kappa shape index (κ2) is 5.34. The summed E-state index contributed by atoms with van der Waals surface area (Å²) in [7, 11) is 0. The van der Waals surface area contributed by atoms with Crippen LogP contribution in [0.15, 0.2) is 24.5 Å². The number of aromatic amines is 1. The van der Waals surface area contributed by atoms with Crippen LogP contribution in [0.2, 0.25) is 0 Å². The zero-order valence-electron chi connectivity index (χ0n) is 13.5. The van der Waals surface area contributed by atoms with Crippen molar-refractivity contribution in [1.29, 1.82) is 0 Å². The number of nitrogens with one attached hydrogen (secondary N) is 1. The Hall–Kier alpha value is -2.34. The van der Waals surface area contributed by atoms with Gasteiger partial charge >= 0.3 is 0 Å². The van der Waals surface area contributed by atoms with Gasteiger partial charge in [-0.2, -0.15) is 0 Å². The molecule has 3 aromatic rings. The van der Waals surface area contributed by atoms with Crippen molar-refractivity contribution >= 4 is 27.8 Å². The molecule has 0 spiro atoms. The zero-order chi connectivity index (χ0) is 16.1. The summed E-state index contributed by atoms with van der Waals surface area (Å²) in [6, 6.07) is 3.84. The predicted molar refractivity (Wildman–Crippen MR) is 94.0 cm³/mol. The number of H-pyrrole nitrogens is 1. The Morgan fingerprint density at radius 2 is 2.17 bits per heavy atom. The van der Waals surface area contributed by atoms with Gasteiger partial charge in [-0.25, -0.2) is 9.97 Å². The fourth-order valence-corrected chi connectivity index (χ4v) is 4.30. The SMILES string of the molecule is Nc1cc2c(cn1)[nH]c1nccc(OCC3CN4CCC3CC4)c12. The molecule has 6 heterocycles. The summed E-state index contributed by atoms with van der Waals surface area (Å²) < 4.78 is 6.27. The van der Waals surface area contributed by atoms with Crippen LogP contribution in [0.4, 0.5) is 5.82 Å². The molecule has 3 aromatic heterocycles. The van der Waals surface area contributed by atoms with Crippen LogP contribution in [0.25, 0.3) is 21.9 Å². The molecule has 3 N–H and O–H groups in total. The number of nitrogens with two attached hydrogens (primary N) is 1. The van der Waals surface area contributed by atoms with Gasteiger partial charge in [-0.15, -0.1) is 0 Å². The molecule has 6 rings (SSSR count). The highest BCUT2D eigenvalue weighted by molar-refractivity contribution is 6.09. The maximum atomic E-state index is 6.27. The maximum Gasteiger partial charge on any atom is 0.142 e. The van der Waals surface area contributed by atoms with Gasteiger partial charge in [-0.05, 0) is 44.0 Å². The van der Waals surface area contributed by atoms with Crippen molar-refractivity contribution in [3.8, 4) is 5.75 Å². The first kappa shape index (κ1) is 14.0. The Kier molecular flexibility index (Phi) is 3.13. The molecule has 2 bridgehead atoms. The minimum Gasteiger partial charge on any atom is -0.492 e. The Bertz CT molecular complexity index is 897. The molecule has 0 radical (unpaired) electrons. The van der Waals surface area contributed by atoms with Gasteiger partial charge in [0, 0.05) is 24.0 Å². The summed E-state index contributed by atoms with van der Waals surface area (Å²) >= 11 is 0. The zero-order valence-corrected chi connectivity index (χ0v) is 13.5. The van der Waals surface area contributed by atoms with Crippen LogP contribution in [0, 0.1) is 11.8 Å². The van der Waals surface area contributed by atoms with E-state index >= 15 is 0 Å². The lowest BCUT2D eigenvalue weighted by Gasteiger charge is -2.44. The Balaban J connectivity index is 1.48. The first-order chi connectivity index (χ1) is 11.8. The van der Waals surface area contributed by atoms with Gasteiger partial charge in [0.05, 0.1) is 23.7 Å². The van der Waals surface area contributed by atoms with Crippen LogP contribution >= 0.6 is 0 Å². The largest absolute Gasteiger partial charge is 0.492 e. The normalized spacial score (nSPS) is 26.2. The van der Waals surface area contributed by atoms with Crippen molar-refractivity contribution in [2.75, 3.05) is 32.0 Å². The number of aromatic nitrogens is 3. The van der Waals surface area contributed by atoms with Crippen molar-refractivity contribution in [1.82, 2.24) is 19.9 Å². The van der Waals surface area contributed by atoms with E-state index in [2.05, 4.69) is 19.9 Å². The Labute approximate surface area is 140 Å². The van der Waals surface area contributed by atoms with E-state index in [9.17, 15) is 0 Å². The highest BCUT2D eigenvalue weighted by atomic mass is 16.5. The molecule has 6 nitrogen and oxygen atoms in total. The number of pyridine rings is 2. The van der Waals surface area contributed by atoms with Crippen LogP contribution in [0.5, 0.6) is 5.75 Å². The standard InChI is InChI=1S/C18H21N5O/c19-16-7-13-14(8-21-16)22-18-17(13)15(1-4-20-18)24-10-12-9-23-5-2-11(12)3-6-23/h1,4,7-8,11-12H,2-3,5-6,9-10H2,(H2,19,21)(H,20,22). The molecule has 6 heteroatoms. The van der Waals surface area contributed by atoms with Crippen LogP contribution in [-0.4, -0.2) is 46.1 Å². The van der Waals surface area contributed by atoms with Gasteiger partial charge in [0.15, 0.2) is 0 Å². The van der Waals surface area contributed by atoms with E-state index in [0.29, 0.717) is 11.7 Å². The summed E-state index contributed by atoms with van der Waals surface area (Å²) in [5.74, 6) is 2.84. The molecule has 0 amide bonds. The predicted octanol–water partition coefficient (Wildman–Crippen LogP) is 2.41. The number of piperidine rings is 3. The van der Waals surface area contributed by atoms with Gasteiger partial charge in [0.1, 0.15) is 17.2 Å². The van der Waals surface area contributed by atoms with Crippen molar-refractivity contribution < 1.29 is 4.74 Å². The van der Waals surface area contributed by atoms with Gasteiger partial charge in [0.2, 0.25) is 0 Å². The molecular weight excluding hydrogens is 302 g/mol. The van der Waals surface area contributed by atoms with E-state index in [0.717, 1.165) is 40.2 Å². The molecule has 124 valence electrons. The van der Waals surface area contributed by atoms with Gasteiger partial charge in [-0.1, -0.05) is 0 Å². The first-order valence-corrected chi connectivity index (χ1v) is 8.65. The van der Waals surface area contributed by atoms with Gasteiger partial charge < -0.3 is 20.4 Å². The third-order valence-corrected chi connectivity index (χ3v) is 5.60. The fraction of sp³-hybridized carbons (Fsp3) is 0.444. The van der Waals surface area contributed by atoms with Crippen LogP contribution < -0.4 is 10.5 Å². The van der Waals surface area contributed by atoms with Crippen LogP contribution in [0.3, 0.4) is 0 Å². The first-order valence-electron chi connectivity index (χ1n) is 8.65. The average molecular weight is 323 g/mol. The third kappa shape index (κ3) is 2.21. The maximum absolute atomic E-state index is 6.27. The lowest BCUT2D eigenvalue weighted by atomic mass is 9.79. The molecule has 1 unspecified atom stereocenters. The van der Waals surface area contributed by atoms with E-state index in [-0.39, 0.29) is 0 Å². The second-order valence-electron chi connectivity index (χ2n) is 7.02. The van der Waals surface area contributed by atoms with E-state index in [1.807, 2.05) is 12.1 Å². The van der Waals surface area contributed by atoms with E-state index in [1.54, 1.807) is 12.4 Å². The molecule has 0 aromatic carbocycles. The van der Waals surface area contributed by atoms with Gasteiger partial charge in [0.25, 0.3) is 0 Å². The van der Waals surface area contributed by atoms with E-state index in [1.165, 1.54) is 32.5 Å². The summed E-state index contributed by atoms with van der Waals surface area (Å²) in [6.07, 6.45) is 6.17. The lowest BCUT2D eigenvalue weighted by Crippen LogP contribution is -2.49. The average Bonchev–Trinajstić information content (AvgIpc) is 2.99. The molecule has 0 aliphatic carbocycles. The summed E-state index contributed by atoms with van der Waals surface area (Å²) in [4.78, 5) is 14.4. The topological polar surface area (TPSA) is 80.1 Å². The van der Waals surface area contributed by atoms with Crippen molar-refractivity contribution in [3.63, 3.8) is 0 Å². The molecular formula is C18H21N5O. The highest BCUT2D eigenvalue weighted by Crippen LogP contribution is 2.35. The number of fused-ring (bicyclic) bond motifs is 6. The molecule has 3 aliphatic heterocycles. The molecule has 3 fully saturated rings. The minimum absolute atomic E-state index is 0.510. The molecule has 1 atom stereocenters. The second-order valence-corrected chi connectivity index (χ2v) is 7.02. The van der Waals surface area contributed by atoms with Crippen LogP contribution in [0.1, 0.15) is 12.8 Å². The summed E-state index contributed by atoms with van der Waals surface area (Å²) in [5.41, 5.74) is 7.62. The lowest BCUT2D eigenvalue weighted by molar-refractivity contribution is 0.0260. The quantitative estimate of drug-likeness (QED) is 0.774. The smallest absolute Gasteiger partial charge is 0.142 e. The highest BCUT2D eigenvalue weighted by Gasteiger charge is 2.34. The molecule has 3 saturated heterocycles. The van der Waals surface area contributed by atoms with Crippen molar-refractivity contribution in [3.05, 3.63) is 24.5 Å². The van der Waals surface area contributed by atoms with Crippen LogP contribution in [-0.2, 0) is 0 Å². The number of rotatable bonds is 3. The van der Waals surface area contributed by atoms with Crippen molar-refractivity contribution in [2.24, 2.45) is 11.8 Å². The number of hydrogen-bond acceptors (Lipinski definition) is 5. The Morgan fingerprint density at radius 3 is 2.96 bits per heavy atom. The Morgan fingerprint density at radius 1 is 1.29 bits per heavy atom. The summed E-state index contributed by atoms with van der Waals surface area (Å²) in [6.45, 7) is 4.46. The molecule has 24 heavy (non-hydrogen) atoms. The number of hydrogen-bond donors (Lipinski definition) is 2. The number of nitrogens with zero attached hydrogens (tertiary/aromatic N) is 3. The molecule has 3 aliphatic rings. The van der Waals surface area contributed by atoms with E-state index < -0.39 is 0 Å².